The number of rotatable bonds is 6. The first-order valence-corrected chi connectivity index (χ1v) is 10.1. The Balaban J connectivity index is 0.00000300. The number of hydrogen-bond acceptors (Lipinski definition) is 3. The van der Waals surface area contributed by atoms with Crippen LogP contribution in [0.15, 0.2) is 59.6 Å². The first kappa shape index (κ1) is 23.5. The van der Waals surface area contributed by atoms with E-state index in [1.165, 1.54) is 16.8 Å². The fourth-order valence-electron chi connectivity index (χ4n) is 3.56. The number of nitrogens with one attached hydrogen (secondary N) is 2. The second kappa shape index (κ2) is 12.0. The van der Waals surface area contributed by atoms with Gasteiger partial charge in [0.15, 0.2) is 5.96 Å². The number of anilines is 1. The van der Waals surface area contributed by atoms with Crippen LogP contribution in [-0.2, 0) is 13.1 Å². The van der Waals surface area contributed by atoms with Gasteiger partial charge in [-0.25, -0.2) is 0 Å². The van der Waals surface area contributed by atoms with Crippen molar-refractivity contribution in [2.75, 3.05) is 39.1 Å². The van der Waals surface area contributed by atoms with Gasteiger partial charge in [-0.15, -0.1) is 24.0 Å². The van der Waals surface area contributed by atoms with Gasteiger partial charge in [-0.3, -0.25) is 9.89 Å². The summed E-state index contributed by atoms with van der Waals surface area (Å²) < 4.78 is 0. The average molecular weight is 507 g/mol. The molecule has 0 aliphatic carbocycles. The highest BCUT2D eigenvalue weighted by atomic mass is 127. The van der Waals surface area contributed by atoms with Gasteiger partial charge in [0.2, 0.25) is 0 Å². The molecule has 0 radical (unpaired) electrons. The number of likely N-dealkylation sites (tertiary alicyclic amines) is 1. The Morgan fingerprint density at radius 1 is 1.00 bits per heavy atom. The van der Waals surface area contributed by atoms with Gasteiger partial charge in [0, 0.05) is 59.1 Å². The smallest absolute Gasteiger partial charge is 0.191 e. The highest BCUT2D eigenvalue weighted by Crippen LogP contribution is 2.14. The normalized spacial score (nSPS) is 15.5. The van der Waals surface area contributed by atoms with Gasteiger partial charge < -0.3 is 15.5 Å². The van der Waals surface area contributed by atoms with E-state index in [1.807, 2.05) is 7.05 Å². The van der Waals surface area contributed by atoms with E-state index < -0.39 is 0 Å². The zero-order valence-corrected chi connectivity index (χ0v) is 20.1. The van der Waals surface area contributed by atoms with Crippen LogP contribution in [0.4, 0.5) is 5.69 Å². The summed E-state index contributed by atoms with van der Waals surface area (Å²) >= 11 is 0. The third-order valence-corrected chi connectivity index (χ3v) is 5.31. The molecule has 0 unspecified atom stereocenters. The minimum atomic E-state index is 0. The van der Waals surface area contributed by atoms with Crippen molar-refractivity contribution in [2.45, 2.75) is 32.0 Å². The van der Waals surface area contributed by atoms with Crippen molar-refractivity contribution in [1.82, 2.24) is 15.5 Å². The third kappa shape index (κ3) is 7.51. The van der Waals surface area contributed by atoms with Crippen molar-refractivity contribution in [2.24, 2.45) is 4.99 Å². The lowest BCUT2D eigenvalue weighted by Crippen LogP contribution is -2.48. The van der Waals surface area contributed by atoms with E-state index in [0.29, 0.717) is 6.04 Å². The minimum absolute atomic E-state index is 0. The van der Waals surface area contributed by atoms with E-state index in [0.717, 1.165) is 45.0 Å². The van der Waals surface area contributed by atoms with Crippen LogP contribution >= 0.6 is 24.0 Å². The number of halogens is 1. The van der Waals surface area contributed by atoms with Crippen LogP contribution in [0.1, 0.15) is 24.0 Å². The number of piperidine rings is 1. The number of benzene rings is 2. The maximum atomic E-state index is 4.40. The lowest BCUT2D eigenvalue weighted by Gasteiger charge is -2.33. The highest BCUT2D eigenvalue weighted by molar-refractivity contribution is 14.0. The van der Waals surface area contributed by atoms with Crippen LogP contribution in [0, 0.1) is 0 Å². The molecule has 158 valence electrons. The fourth-order valence-corrected chi connectivity index (χ4v) is 3.56. The Kier molecular flexibility index (Phi) is 9.73. The van der Waals surface area contributed by atoms with Gasteiger partial charge in [-0.1, -0.05) is 42.5 Å². The number of guanidine groups is 1. The van der Waals surface area contributed by atoms with Crippen LogP contribution in [0.3, 0.4) is 0 Å². The standard InChI is InChI=1S/C23H33N5.HI/c1-24-23(25-17-19-9-11-22(12-10-19)27(2)3)26-21-13-15-28(16-14-21)18-20-7-5-4-6-8-20;/h4-12,21H,13-18H2,1-3H3,(H2,24,25,26);1H. The summed E-state index contributed by atoms with van der Waals surface area (Å²) in [5.74, 6) is 0.887. The van der Waals surface area contributed by atoms with Gasteiger partial charge in [-0.05, 0) is 36.1 Å². The van der Waals surface area contributed by atoms with E-state index in [9.17, 15) is 0 Å². The molecule has 0 spiro atoms. The van der Waals surface area contributed by atoms with Crippen molar-refractivity contribution >= 4 is 35.6 Å². The molecule has 3 rings (SSSR count). The second-order valence-corrected chi connectivity index (χ2v) is 7.67. The molecule has 1 saturated heterocycles. The maximum Gasteiger partial charge on any atom is 0.191 e. The van der Waals surface area contributed by atoms with Gasteiger partial charge in [0.25, 0.3) is 0 Å². The van der Waals surface area contributed by atoms with Crippen LogP contribution in [-0.4, -0.2) is 51.1 Å². The molecular formula is C23H34IN5. The quantitative estimate of drug-likeness (QED) is 0.356. The third-order valence-electron chi connectivity index (χ3n) is 5.31. The van der Waals surface area contributed by atoms with E-state index >= 15 is 0 Å². The summed E-state index contributed by atoms with van der Waals surface area (Å²) in [5.41, 5.74) is 3.87. The molecule has 6 heteroatoms. The zero-order valence-electron chi connectivity index (χ0n) is 17.8. The minimum Gasteiger partial charge on any atom is -0.378 e. The van der Waals surface area contributed by atoms with Gasteiger partial charge >= 0.3 is 0 Å². The number of nitrogens with zero attached hydrogens (tertiary/aromatic N) is 3. The van der Waals surface area contributed by atoms with Crippen LogP contribution in [0.25, 0.3) is 0 Å². The maximum absolute atomic E-state index is 4.40. The predicted molar refractivity (Wildman–Crippen MR) is 134 cm³/mol. The van der Waals surface area contributed by atoms with E-state index in [4.69, 9.17) is 0 Å². The van der Waals surface area contributed by atoms with Gasteiger partial charge in [-0.2, -0.15) is 0 Å². The monoisotopic (exact) mass is 507 g/mol. The first-order valence-electron chi connectivity index (χ1n) is 10.1. The fraction of sp³-hybridized carbons (Fsp3) is 0.435. The Hall–Kier alpha value is -1.80. The summed E-state index contributed by atoms with van der Waals surface area (Å²) in [6, 6.07) is 19.8. The largest absolute Gasteiger partial charge is 0.378 e. The van der Waals surface area contributed by atoms with Crippen molar-refractivity contribution < 1.29 is 0 Å². The Morgan fingerprint density at radius 2 is 1.66 bits per heavy atom. The van der Waals surface area contributed by atoms with Crippen LogP contribution in [0.2, 0.25) is 0 Å². The summed E-state index contributed by atoms with van der Waals surface area (Å²) in [4.78, 5) is 9.05. The molecule has 29 heavy (non-hydrogen) atoms. The predicted octanol–water partition coefficient (Wildman–Crippen LogP) is 3.70. The SMILES string of the molecule is CN=C(NCc1ccc(N(C)C)cc1)NC1CCN(Cc2ccccc2)CC1.I. The Morgan fingerprint density at radius 3 is 2.24 bits per heavy atom. The lowest BCUT2D eigenvalue weighted by atomic mass is 10.0. The van der Waals surface area contributed by atoms with E-state index in [-0.39, 0.29) is 24.0 Å². The molecule has 2 N–H and O–H groups in total. The van der Waals surface area contributed by atoms with Gasteiger partial charge in [0.05, 0.1) is 0 Å². The molecule has 1 fully saturated rings. The topological polar surface area (TPSA) is 42.9 Å². The molecule has 2 aromatic rings. The summed E-state index contributed by atoms with van der Waals surface area (Å²) in [7, 11) is 5.96. The molecule has 0 amide bonds. The first-order chi connectivity index (χ1) is 13.6. The van der Waals surface area contributed by atoms with Crippen LogP contribution in [0.5, 0.6) is 0 Å². The van der Waals surface area contributed by atoms with Crippen LogP contribution < -0.4 is 15.5 Å². The molecule has 1 aliphatic heterocycles. The molecule has 0 saturated carbocycles. The number of aliphatic imine (C=N–C) groups is 1. The summed E-state index contributed by atoms with van der Waals surface area (Å²) in [6.07, 6.45) is 2.29. The van der Waals surface area contributed by atoms with E-state index in [2.05, 4.69) is 94.1 Å². The molecule has 1 heterocycles. The molecular weight excluding hydrogens is 473 g/mol. The summed E-state index contributed by atoms with van der Waals surface area (Å²) in [6.45, 7) is 4.06. The second-order valence-electron chi connectivity index (χ2n) is 7.67. The number of hydrogen-bond donors (Lipinski definition) is 2. The van der Waals surface area contributed by atoms with Gasteiger partial charge in [0.1, 0.15) is 0 Å². The van der Waals surface area contributed by atoms with Crippen molar-refractivity contribution in [1.29, 1.82) is 0 Å². The highest BCUT2D eigenvalue weighted by Gasteiger charge is 2.20. The van der Waals surface area contributed by atoms with E-state index in [1.54, 1.807) is 0 Å². The lowest BCUT2D eigenvalue weighted by molar-refractivity contribution is 0.198. The molecule has 0 atom stereocenters. The Labute approximate surface area is 192 Å². The Bertz CT molecular complexity index is 738. The molecule has 5 nitrogen and oxygen atoms in total. The average Bonchev–Trinajstić information content (AvgIpc) is 2.73. The molecule has 0 bridgehead atoms. The van der Waals surface area contributed by atoms with Crippen molar-refractivity contribution in [3.05, 3.63) is 65.7 Å². The molecule has 2 aromatic carbocycles. The zero-order chi connectivity index (χ0) is 19.8. The molecule has 1 aliphatic rings. The van der Waals surface area contributed by atoms with Crippen molar-refractivity contribution in [3.8, 4) is 0 Å². The van der Waals surface area contributed by atoms with Crippen molar-refractivity contribution in [3.63, 3.8) is 0 Å². The molecule has 0 aromatic heterocycles. The summed E-state index contributed by atoms with van der Waals surface area (Å²) in [5, 5.41) is 7.04.